The highest BCUT2D eigenvalue weighted by Crippen LogP contribution is 2.19. The second-order valence-corrected chi connectivity index (χ2v) is 4.60. The van der Waals surface area contributed by atoms with Crippen LogP contribution in [0.2, 0.25) is 0 Å². The van der Waals surface area contributed by atoms with Gasteiger partial charge in [-0.2, -0.15) is 0 Å². The number of nitrogens with two attached hydrogens (primary N) is 1. The number of carbonyl (C=O) groups is 1. The van der Waals surface area contributed by atoms with Crippen molar-refractivity contribution in [2.45, 2.75) is 0 Å². The number of thioether (sulfide) groups is 1. The fourth-order valence-electron chi connectivity index (χ4n) is 1.40. The van der Waals surface area contributed by atoms with Gasteiger partial charge in [-0.05, 0) is 18.2 Å². The fraction of sp³-hybridized carbons (Fsp3) is 0.0833. The number of carbonyl (C=O) groups excluding carboxylic acids is 1. The van der Waals surface area contributed by atoms with Crippen LogP contribution in [0.15, 0.2) is 39.5 Å². The molecule has 0 aliphatic heterocycles. The molecule has 8 heteroatoms. The maximum Gasteiger partial charge on any atom is 0.336 e. The summed E-state index contributed by atoms with van der Waals surface area (Å²) in [7, 11) is 0. The lowest BCUT2D eigenvalue weighted by molar-refractivity contribution is -0.131. The van der Waals surface area contributed by atoms with Gasteiger partial charge >= 0.3 is 11.6 Å². The van der Waals surface area contributed by atoms with Crippen molar-refractivity contribution in [3.63, 3.8) is 0 Å². The molecule has 0 aliphatic rings. The van der Waals surface area contributed by atoms with Crippen molar-refractivity contribution in [3.8, 4) is 5.75 Å². The Morgan fingerprint density at radius 1 is 1.35 bits per heavy atom. The SMILES string of the molecule is Cl.N=C(N)SCC(=O)Oc1ccc2ccc(=O)oc2c1. The molecular weight excluding hydrogens is 304 g/mol. The summed E-state index contributed by atoms with van der Waals surface area (Å²) < 4.78 is 10.0. The van der Waals surface area contributed by atoms with Crippen LogP contribution in [0, 0.1) is 5.41 Å². The molecule has 3 N–H and O–H groups in total. The first kappa shape index (κ1) is 16.1. The van der Waals surface area contributed by atoms with Crippen LogP contribution in [-0.2, 0) is 4.79 Å². The highest BCUT2D eigenvalue weighted by atomic mass is 35.5. The Bertz CT molecular complexity index is 701. The molecule has 1 heterocycles. The number of halogens is 1. The molecule has 2 rings (SSSR count). The summed E-state index contributed by atoms with van der Waals surface area (Å²) in [6, 6.07) is 7.68. The molecule has 2 aromatic rings. The number of esters is 1. The minimum absolute atomic E-state index is 0. The van der Waals surface area contributed by atoms with E-state index in [0.29, 0.717) is 5.58 Å². The molecule has 0 saturated carbocycles. The van der Waals surface area contributed by atoms with Gasteiger partial charge in [0.15, 0.2) is 5.17 Å². The number of hydrogen-bond donors (Lipinski definition) is 2. The van der Waals surface area contributed by atoms with E-state index in [1.807, 2.05) is 0 Å². The van der Waals surface area contributed by atoms with Gasteiger partial charge in [0.05, 0.1) is 5.75 Å². The van der Waals surface area contributed by atoms with Crippen molar-refractivity contribution in [2.75, 3.05) is 5.75 Å². The van der Waals surface area contributed by atoms with Crippen molar-refractivity contribution >= 4 is 46.3 Å². The van der Waals surface area contributed by atoms with E-state index < -0.39 is 11.6 Å². The minimum atomic E-state index is -0.530. The van der Waals surface area contributed by atoms with Crippen LogP contribution in [-0.4, -0.2) is 16.9 Å². The lowest BCUT2D eigenvalue weighted by Gasteiger charge is -2.04. The van der Waals surface area contributed by atoms with Gasteiger partial charge in [-0.1, -0.05) is 11.8 Å². The summed E-state index contributed by atoms with van der Waals surface area (Å²) in [6.45, 7) is 0. The second kappa shape index (κ2) is 6.97. The van der Waals surface area contributed by atoms with E-state index >= 15 is 0 Å². The van der Waals surface area contributed by atoms with Gasteiger partial charge in [-0.15, -0.1) is 12.4 Å². The number of nitrogens with one attached hydrogen (secondary N) is 1. The van der Waals surface area contributed by atoms with E-state index in [2.05, 4.69) is 0 Å². The van der Waals surface area contributed by atoms with Crippen LogP contribution in [0.5, 0.6) is 5.75 Å². The number of benzene rings is 1. The first-order chi connectivity index (χ1) is 9.04. The lowest BCUT2D eigenvalue weighted by Crippen LogP contribution is -2.14. The Hall–Kier alpha value is -1.99. The van der Waals surface area contributed by atoms with Gasteiger partial charge in [0.1, 0.15) is 11.3 Å². The van der Waals surface area contributed by atoms with E-state index in [9.17, 15) is 9.59 Å². The van der Waals surface area contributed by atoms with E-state index in [-0.39, 0.29) is 29.1 Å². The third kappa shape index (κ3) is 4.29. The predicted octanol–water partition coefficient (Wildman–Crippen LogP) is 1.75. The maximum atomic E-state index is 11.4. The number of amidine groups is 1. The Morgan fingerprint density at radius 3 is 2.75 bits per heavy atom. The predicted molar refractivity (Wildman–Crippen MR) is 79.7 cm³/mol. The fourth-order valence-corrected chi connectivity index (χ4v) is 1.73. The molecule has 0 saturated heterocycles. The van der Waals surface area contributed by atoms with Crippen LogP contribution in [0.3, 0.4) is 0 Å². The lowest BCUT2D eigenvalue weighted by atomic mass is 10.2. The molecule has 106 valence electrons. The molecule has 1 aromatic heterocycles. The third-order valence-corrected chi connectivity index (χ3v) is 2.86. The average Bonchev–Trinajstić information content (AvgIpc) is 2.36. The number of rotatable bonds is 3. The maximum absolute atomic E-state index is 11.4. The largest absolute Gasteiger partial charge is 0.426 e. The molecule has 20 heavy (non-hydrogen) atoms. The Balaban J connectivity index is 0.00000200. The standard InChI is InChI=1S/C12H10N2O4S.ClH/c13-12(14)19-6-11(16)17-8-3-1-7-2-4-10(15)18-9(7)5-8;/h1-5H,6H2,(H3,13,14);1H. The molecule has 0 amide bonds. The molecule has 1 aromatic carbocycles. The number of hydrogen-bond acceptors (Lipinski definition) is 6. The third-order valence-electron chi connectivity index (χ3n) is 2.17. The smallest absolute Gasteiger partial charge is 0.336 e. The summed E-state index contributed by atoms with van der Waals surface area (Å²) >= 11 is 0.878. The molecule has 0 aliphatic carbocycles. The minimum Gasteiger partial charge on any atom is -0.426 e. The zero-order valence-corrected chi connectivity index (χ0v) is 11.8. The Kier molecular flexibility index (Phi) is 5.60. The van der Waals surface area contributed by atoms with Crippen molar-refractivity contribution in [1.29, 1.82) is 5.41 Å². The monoisotopic (exact) mass is 314 g/mol. The first-order valence-electron chi connectivity index (χ1n) is 5.26. The molecular formula is C12H11ClN2O4S. The molecule has 0 spiro atoms. The summed E-state index contributed by atoms with van der Waals surface area (Å²) in [4.78, 5) is 22.5. The Morgan fingerprint density at radius 2 is 2.05 bits per heavy atom. The highest BCUT2D eigenvalue weighted by molar-refractivity contribution is 8.14. The second-order valence-electron chi connectivity index (χ2n) is 3.58. The summed E-state index contributed by atoms with van der Waals surface area (Å²) in [5.41, 5.74) is 4.99. The zero-order chi connectivity index (χ0) is 13.8. The average molecular weight is 315 g/mol. The van der Waals surface area contributed by atoms with Crippen molar-refractivity contribution < 1.29 is 13.9 Å². The molecule has 0 atom stereocenters. The van der Waals surface area contributed by atoms with Crippen molar-refractivity contribution in [2.24, 2.45) is 5.73 Å². The highest BCUT2D eigenvalue weighted by Gasteiger charge is 2.07. The van der Waals surface area contributed by atoms with Crippen LogP contribution < -0.4 is 16.1 Å². The van der Waals surface area contributed by atoms with Gasteiger partial charge in [-0.25, -0.2) is 4.79 Å². The quantitative estimate of drug-likeness (QED) is 0.294. The van der Waals surface area contributed by atoms with Crippen molar-refractivity contribution in [3.05, 3.63) is 40.8 Å². The molecule has 0 unspecified atom stereocenters. The molecule has 0 fully saturated rings. The normalized spacial score (nSPS) is 9.80. The van der Waals surface area contributed by atoms with Gasteiger partial charge < -0.3 is 14.9 Å². The van der Waals surface area contributed by atoms with Crippen LogP contribution >= 0.6 is 24.2 Å². The van der Waals surface area contributed by atoms with E-state index in [1.165, 1.54) is 12.1 Å². The van der Waals surface area contributed by atoms with E-state index in [0.717, 1.165) is 17.1 Å². The van der Waals surface area contributed by atoms with E-state index in [4.69, 9.17) is 20.3 Å². The van der Waals surface area contributed by atoms with Gasteiger partial charge in [0.25, 0.3) is 0 Å². The summed E-state index contributed by atoms with van der Waals surface area (Å²) in [5.74, 6) is -0.305. The Labute approximate surface area is 124 Å². The van der Waals surface area contributed by atoms with Gasteiger partial charge in [0.2, 0.25) is 0 Å². The number of fused-ring (bicyclic) bond motifs is 1. The van der Waals surface area contributed by atoms with Crippen molar-refractivity contribution in [1.82, 2.24) is 0 Å². The molecule has 0 radical (unpaired) electrons. The zero-order valence-electron chi connectivity index (χ0n) is 10.1. The topological polar surface area (TPSA) is 106 Å². The van der Waals surface area contributed by atoms with E-state index in [1.54, 1.807) is 18.2 Å². The van der Waals surface area contributed by atoms with Crippen LogP contribution in [0.1, 0.15) is 0 Å². The van der Waals surface area contributed by atoms with Gasteiger partial charge in [-0.3, -0.25) is 10.2 Å². The van der Waals surface area contributed by atoms with Gasteiger partial charge in [0, 0.05) is 17.5 Å². The molecule has 6 nitrogen and oxygen atoms in total. The summed E-state index contributed by atoms with van der Waals surface area (Å²) in [5, 5.41) is 7.56. The van der Waals surface area contributed by atoms with Crippen LogP contribution in [0.4, 0.5) is 0 Å². The molecule has 0 bridgehead atoms. The number of ether oxygens (including phenoxy) is 1. The first-order valence-corrected chi connectivity index (χ1v) is 6.24. The summed E-state index contributed by atoms with van der Waals surface area (Å²) in [6.07, 6.45) is 0. The van der Waals surface area contributed by atoms with Crippen LogP contribution in [0.25, 0.3) is 11.0 Å².